The fraction of sp³-hybridized carbons (Fsp3) is 0.200. The Kier molecular flexibility index (Phi) is 4.56. The number of hydrogen-bond acceptors (Lipinski definition) is 3. The summed E-state index contributed by atoms with van der Waals surface area (Å²) >= 11 is 0. The van der Waals surface area contributed by atoms with Crippen molar-refractivity contribution in [1.29, 1.82) is 0 Å². The third-order valence-electron chi connectivity index (χ3n) is 7.03. The predicted octanol–water partition coefficient (Wildman–Crippen LogP) is 6.52. The molecule has 0 aromatic heterocycles. The van der Waals surface area contributed by atoms with Gasteiger partial charge in [-0.15, -0.1) is 0 Å². The lowest BCUT2D eigenvalue weighted by Crippen LogP contribution is -2.52. The second kappa shape index (κ2) is 7.50. The summed E-state index contributed by atoms with van der Waals surface area (Å²) in [5, 5.41) is 0. The van der Waals surface area contributed by atoms with Crippen LogP contribution in [0.2, 0.25) is 0 Å². The SMILES string of the molecule is CN(C)C(C)(Oc1cccc2c1Cc1ccccc1-2)Oc1cccc2c1Cc1ccccc1-2. The maximum atomic E-state index is 6.68. The van der Waals surface area contributed by atoms with E-state index in [1.165, 1.54) is 44.5 Å². The van der Waals surface area contributed by atoms with Gasteiger partial charge in [0.1, 0.15) is 11.5 Å². The van der Waals surface area contributed by atoms with E-state index in [0.29, 0.717) is 0 Å². The largest absolute Gasteiger partial charge is 0.439 e. The van der Waals surface area contributed by atoms with Crippen LogP contribution in [0.3, 0.4) is 0 Å². The summed E-state index contributed by atoms with van der Waals surface area (Å²) in [6.45, 7) is 2.00. The van der Waals surface area contributed by atoms with Gasteiger partial charge in [-0.3, -0.25) is 0 Å². The van der Waals surface area contributed by atoms with Crippen LogP contribution < -0.4 is 9.47 Å². The van der Waals surface area contributed by atoms with Crippen molar-refractivity contribution < 1.29 is 9.47 Å². The van der Waals surface area contributed by atoms with Crippen molar-refractivity contribution in [2.24, 2.45) is 0 Å². The summed E-state index contributed by atoms with van der Waals surface area (Å²) in [7, 11) is 3.99. The maximum Gasteiger partial charge on any atom is 0.312 e. The zero-order chi connectivity index (χ0) is 22.6. The van der Waals surface area contributed by atoms with Crippen LogP contribution in [0.4, 0.5) is 0 Å². The van der Waals surface area contributed by atoms with Gasteiger partial charge in [0.25, 0.3) is 0 Å². The molecule has 0 bridgehead atoms. The fourth-order valence-corrected chi connectivity index (χ4v) is 5.06. The van der Waals surface area contributed by atoms with E-state index in [-0.39, 0.29) is 0 Å². The topological polar surface area (TPSA) is 21.7 Å². The molecule has 6 rings (SSSR count). The highest BCUT2D eigenvalue weighted by Crippen LogP contribution is 2.44. The Labute approximate surface area is 195 Å². The predicted molar refractivity (Wildman–Crippen MR) is 133 cm³/mol. The van der Waals surface area contributed by atoms with E-state index in [0.717, 1.165) is 24.3 Å². The highest BCUT2D eigenvalue weighted by Gasteiger charge is 2.36. The molecule has 0 radical (unpaired) electrons. The van der Waals surface area contributed by atoms with Gasteiger partial charge in [-0.2, -0.15) is 0 Å². The molecule has 0 unspecified atom stereocenters. The lowest BCUT2D eigenvalue weighted by atomic mass is 10.1. The van der Waals surface area contributed by atoms with Gasteiger partial charge in [-0.1, -0.05) is 72.8 Å². The second-order valence-electron chi connectivity index (χ2n) is 9.23. The molecule has 33 heavy (non-hydrogen) atoms. The first-order valence-electron chi connectivity index (χ1n) is 11.5. The van der Waals surface area contributed by atoms with Crippen molar-refractivity contribution in [1.82, 2.24) is 4.90 Å². The molecule has 3 heteroatoms. The van der Waals surface area contributed by atoms with Crippen LogP contribution in [0.15, 0.2) is 84.9 Å². The number of ether oxygens (including phenoxy) is 2. The minimum atomic E-state index is -0.964. The van der Waals surface area contributed by atoms with E-state index in [1.807, 2.05) is 25.9 Å². The van der Waals surface area contributed by atoms with Crippen LogP contribution in [-0.2, 0) is 12.8 Å². The van der Waals surface area contributed by atoms with Crippen molar-refractivity contribution in [2.75, 3.05) is 14.1 Å². The Morgan fingerprint density at radius 1 is 0.576 bits per heavy atom. The van der Waals surface area contributed by atoms with Crippen LogP contribution >= 0.6 is 0 Å². The first kappa shape index (κ1) is 20.1. The molecule has 2 aliphatic carbocycles. The molecule has 4 aromatic carbocycles. The molecule has 0 saturated carbocycles. The van der Waals surface area contributed by atoms with Crippen molar-refractivity contribution in [3.63, 3.8) is 0 Å². The average molecular weight is 434 g/mol. The maximum absolute atomic E-state index is 6.68. The molecule has 3 nitrogen and oxygen atoms in total. The van der Waals surface area contributed by atoms with Gasteiger partial charge in [0.05, 0.1) is 0 Å². The normalized spacial score (nSPS) is 13.3. The number of rotatable bonds is 5. The Hall–Kier alpha value is -3.56. The molecular formula is C30H27NO2. The Balaban J connectivity index is 1.35. The monoisotopic (exact) mass is 433 g/mol. The van der Waals surface area contributed by atoms with Crippen LogP contribution in [0, 0.1) is 0 Å². The third kappa shape index (κ3) is 3.23. The van der Waals surface area contributed by atoms with Crippen molar-refractivity contribution in [3.05, 3.63) is 107 Å². The molecular weight excluding hydrogens is 406 g/mol. The molecule has 0 spiro atoms. The van der Waals surface area contributed by atoms with Gasteiger partial charge in [-0.05, 0) is 59.6 Å². The third-order valence-corrected chi connectivity index (χ3v) is 7.03. The molecule has 4 aromatic rings. The smallest absolute Gasteiger partial charge is 0.312 e. The molecule has 0 amide bonds. The summed E-state index contributed by atoms with van der Waals surface area (Å²) in [4.78, 5) is 2.00. The minimum Gasteiger partial charge on any atom is -0.439 e. The van der Waals surface area contributed by atoms with E-state index in [4.69, 9.17) is 9.47 Å². The van der Waals surface area contributed by atoms with E-state index in [1.54, 1.807) is 0 Å². The fourth-order valence-electron chi connectivity index (χ4n) is 5.06. The van der Waals surface area contributed by atoms with Crippen molar-refractivity contribution in [3.8, 4) is 33.8 Å². The summed E-state index contributed by atoms with van der Waals surface area (Å²) in [5.74, 6) is 0.778. The number of fused-ring (bicyclic) bond motifs is 6. The van der Waals surface area contributed by atoms with Crippen LogP contribution in [0.5, 0.6) is 11.5 Å². The molecule has 0 atom stereocenters. The Bertz CT molecular complexity index is 1270. The minimum absolute atomic E-state index is 0.871. The van der Waals surface area contributed by atoms with Gasteiger partial charge in [-0.25, -0.2) is 4.90 Å². The molecule has 0 saturated heterocycles. The molecule has 2 aliphatic rings. The molecule has 0 N–H and O–H groups in total. The molecule has 0 fully saturated rings. The number of hydrogen-bond donors (Lipinski definition) is 0. The van der Waals surface area contributed by atoms with E-state index < -0.39 is 5.91 Å². The highest BCUT2D eigenvalue weighted by molar-refractivity contribution is 5.80. The number of nitrogens with zero attached hydrogens (tertiary/aromatic N) is 1. The van der Waals surface area contributed by atoms with Crippen LogP contribution in [0.1, 0.15) is 29.2 Å². The van der Waals surface area contributed by atoms with Gasteiger partial charge in [0, 0.05) is 30.9 Å². The zero-order valence-electron chi connectivity index (χ0n) is 19.3. The van der Waals surface area contributed by atoms with Crippen molar-refractivity contribution >= 4 is 0 Å². The molecule has 0 heterocycles. The van der Waals surface area contributed by atoms with Crippen LogP contribution in [-0.4, -0.2) is 24.9 Å². The summed E-state index contributed by atoms with van der Waals surface area (Å²) in [5.41, 5.74) is 10.2. The van der Waals surface area contributed by atoms with Gasteiger partial charge in [0.2, 0.25) is 0 Å². The Morgan fingerprint density at radius 3 is 1.45 bits per heavy atom. The quantitative estimate of drug-likeness (QED) is 0.289. The summed E-state index contributed by atoms with van der Waals surface area (Å²) < 4.78 is 13.4. The first-order chi connectivity index (χ1) is 16.0. The first-order valence-corrected chi connectivity index (χ1v) is 11.5. The lowest BCUT2D eigenvalue weighted by Gasteiger charge is -2.37. The van der Waals surface area contributed by atoms with Gasteiger partial charge >= 0.3 is 5.91 Å². The lowest BCUT2D eigenvalue weighted by molar-refractivity contribution is -0.193. The second-order valence-corrected chi connectivity index (χ2v) is 9.23. The average Bonchev–Trinajstić information content (AvgIpc) is 3.39. The van der Waals surface area contributed by atoms with Crippen LogP contribution in [0.25, 0.3) is 22.3 Å². The summed E-state index contributed by atoms with van der Waals surface area (Å²) in [6.07, 6.45) is 1.75. The van der Waals surface area contributed by atoms with Gasteiger partial charge in [0.15, 0.2) is 0 Å². The highest BCUT2D eigenvalue weighted by atomic mass is 16.7. The van der Waals surface area contributed by atoms with E-state index in [9.17, 15) is 0 Å². The summed E-state index contributed by atoms with van der Waals surface area (Å²) in [6, 6.07) is 29.8. The molecule has 164 valence electrons. The van der Waals surface area contributed by atoms with E-state index >= 15 is 0 Å². The van der Waals surface area contributed by atoms with Gasteiger partial charge < -0.3 is 9.47 Å². The molecule has 0 aliphatic heterocycles. The van der Waals surface area contributed by atoms with Crippen molar-refractivity contribution in [2.45, 2.75) is 25.7 Å². The van der Waals surface area contributed by atoms with E-state index in [2.05, 4.69) is 84.9 Å². The standard InChI is InChI=1S/C30H27NO2/c1-30(31(2)3,32-28-16-8-14-24-22-12-6-4-10-20(22)18-26(24)28)33-29-17-9-15-25-23-13-7-5-11-21(23)19-27(25)29/h4-17H,18-19H2,1-3H3. The Morgan fingerprint density at radius 2 is 1.00 bits per heavy atom. The zero-order valence-corrected chi connectivity index (χ0v) is 19.3. The number of benzene rings is 4.